The molecule has 0 amide bonds. The third-order valence-electron chi connectivity index (χ3n) is 4.78. The van der Waals surface area contributed by atoms with E-state index in [0.717, 1.165) is 16.7 Å². The predicted octanol–water partition coefficient (Wildman–Crippen LogP) is 2.80. The van der Waals surface area contributed by atoms with Crippen LogP contribution in [0.1, 0.15) is 18.1 Å². The van der Waals surface area contributed by atoms with Gasteiger partial charge in [-0.2, -0.15) is 0 Å². The molecule has 7 heteroatoms. The number of methoxy groups -OCH3 is 1. The van der Waals surface area contributed by atoms with Gasteiger partial charge in [-0.25, -0.2) is 0 Å². The Hall–Kier alpha value is -3.87. The minimum Gasteiger partial charge on any atom is -0.496 e. The summed E-state index contributed by atoms with van der Waals surface area (Å²) < 4.78 is 5.58. The Morgan fingerprint density at radius 2 is 1.77 bits per heavy atom. The van der Waals surface area contributed by atoms with Gasteiger partial charge in [-0.05, 0) is 30.2 Å². The summed E-state index contributed by atoms with van der Waals surface area (Å²) in [6.07, 6.45) is 5.61. The van der Waals surface area contributed by atoms with E-state index < -0.39 is 0 Å². The number of ether oxygens (including phenoxy) is 1. The number of hydrogen-bond donors (Lipinski definition) is 5. The number of aliphatic imine (C=N–C) groups is 1. The van der Waals surface area contributed by atoms with Gasteiger partial charge in [-0.1, -0.05) is 48.6 Å². The normalized spacial score (nSPS) is 19.1. The molecule has 0 fully saturated rings. The van der Waals surface area contributed by atoms with Gasteiger partial charge in [0.2, 0.25) is 0 Å². The monoisotopic (exact) mass is 402 g/mol. The number of amidine groups is 3. The van der Waals surface area contributed by atoms with Crippen molar-refractivity contribution >= 4 is 17.5 Å². The third-order valence-corrected chi connectivity index (χ3v) is 4.78. The number of nitrogens with one attached hydrogen (secondary N) is 3. The first-order valence-corrected chi connectivity index (χ1v) is 9.56. The van der Waals surface area contributed by atoms with Crippen LogP contribution >= 0.6 is 0 Å². The van der Waals surface area contributed by atoms with Crippen molar-refractivity contribution in [2.45, 2.75) is 13.0 Å². The van der Waals surface area contributed by atoms with Crippen LogP contribution in [0.25, 0.3) is 11.1 Å². The van der Waals surface area contributed by atoms with E-state index in [1.165, 1.54) is 0 Å². The van der Waals surface area contributed by atoms with Gasteiger partial charge in [-0.15, -0.1) is 0 Å². The first-order chi connectivity index (χ1) is 14.4. The Labute approximate surface area is 176 Å². The molecule has 7 nitrogen and oxygen atoms in total. The lowest BCUT2D eigenvalue weighted by atomic mass is 10.00. The van der Waals surface area contributed by atoms with Crippen LogP contribution in [0.5, 0.6) is 5.75 Å². The molecule has 0 radical (unpaired) electrons. The van der Waals surface area contributed by atoms with Crippen molar-refractivity contribution in [2.24, 2.45) is 16.5 Å². The van der Waals surface area contributed by atoms with E-state index in [2.05, 4.69) is 10.3 Å². The zero-order chi connectivity index (χ0) is 21.7. The summed E-state index contributed by atoms with van der Waals surface area (Å²) in [5.41, 5.74) is 15.4. The molecular weight excluding hydrogens is 376 g/mol. The van der Waals surface area contributed by atoms with Gasteiger partial charge in [0.05, 0.1) is 19.2 Å². The van der Waals surface area contributed by atoms with Crippen molar-refractivity contribution in [1.82, 2.24) is 5.32 Å². The van der Waals surface area contributed by atoms with Crippen LogP contribution in [-0.2, 0) is 0 Å². The van der Waals surface area contributed by atoms with Crippen molar-refractivity contribution < 1.29 is 4.74 Å². The third kappa shape index (κ3) is 4.75. The molecule has 1 aliphatic heterocycles. The quantitative estimate of drug-likeness (QED) is 0.388. The molecule has 0 aromatic heterocycles. The summed E-state index contributed by atoms with van der Waals surface area (Å²) in [4.78, 5) is 4.69. The highest BCUT2D eigenvalue weighted by molar-refractivity contribution is 6.03. The van der Waals surface area contributed by atoms with E-state index in [1.807, 2.05) is 67.6 Å². The fourth-order valence-corrected chi connectivity index (χ4v) is 3.14. The van der Waals surface area contributed by atoms with Crippen molar-refractivity contribution in [1.29, 1.82) is 10.8 Å². The maximum atomic E-state index is 7.69. The lowest BCUT2D eigenvalue weighted by Gasteiger charge is -2.17. The van der Waals surface area contributed by atoms with Gasteiger partial charge in [0.15, 0.2) is 0 Å². The van der Waals surface area contributed by atoms with E-state index in [0.29, 0.717) is 29.3 Å². The molecule has 7 N–H and O–H groups in total. The lowest BCUT2D eigenvalue weighted by molar-refractivity contribution is 0.413. The molecule has 0 aliphatic carbocycles. The molecule has 30 heavy (non-hydrogen) atoms. The second kappa shape index (κ2) is 9.09. The molecule has 0 saturated heterocycles. The zero-order valence-corrected chi connectivity index (χ0v) is 17.1. The molecule has 0 saturated carbocycles. The molecule has 1 heterocycles. The van der Waals surface area contributed by atoms with Crippen LogP contribution in [0.4, 0.5) is 0 Å². The van der Waals surface area contributed by atoms with Gasteiger partial charge in [0, 0.05) is 17.2 Å². The number of nitrogen functional groups attached to an aromatic ring is 1. The lowest BCUT2D eigenvalue weighted by Crippen LogP contribution is -2.32. The second-order valence-electron chi connectivity index (χ2n) is 6.96. The Bertz CT molecular complexity index is 1050. The minimum atomic E-state index is -0.0205. The molecule has 1 aliphatic rings. The van der Waals surface area contributed by atoms with E-state index in [4.69, 9.17) is 27.0 Å². The predicted molar refractivity (Wildman–Crippen MR) is 123 cm³/mol. The Morgan fingerprint density at radius 1 is 1.07 bits per heavy atom. The van der Waals surface area contributed by atoms with Gasteiger partial charge in [-0.3, -0.25) is 15.8 Å². The highest BCUT2D eigenvalue weighted by Crippen LogP contribution is 2.27. The highest BCUT2D eigenvalue weighted by Gasteiger charge is 2.15. The Morgan fingerprint density at radius 3 is 2.40 bits per heavy atom. The van der Waals surface area contributed by atoms with Gasteiger partial charge in [0.1, 0.15) is 23.3 Å². The van der Waals surface area contributed by atoms with Crippen LogP contribution in [0.15, 0.2) is 71.3 Å². The van der Waals surface area contributed by atoms with Crippen molar-refractivity contribution in [3.8, 4) is 16.9 Å². The van der Waals surface area contributed by atoms with E-state index in [9.17, 15) is 0 Å². The summed E-state index contributed by atoms with van der Waals surface area (Å²) in [5.74, 6) is 1.47. The number of benzene rings is 2. The summed E-state index contributed by atoms with van der Waals surface area (Å²) in [6.45, 7) is 2.39. The molecule has 3 rings (SSSR count). The van der Waals surface area contributed by atoms with E-state index in [-0.39, 0.29) is 17.7 Å². The summed E-state index contributed by atoms with van der Waals surface area (Å²) in [6, 6.07) is 13.4. The van der Waals surface area contributed by atoms with Crippen molar-refractivity contribution in [2.75, 3.05) is 13.7 Å². The first-order valence-electron chi connectivity index (χ1n) is 9.56. The van der Waals surface area contributed by atoms with E-state index in [1.54, 1.807) is 7.11 Å². The van der Waals surface area contributed by atoms with Gasteiger partial charge < -0.3 is 21.5 Å². The molecule has 2 aromatic rings. The molecule has 1 unspecified atom stereocenters. The van der Waals surface area contributed by atoms with Gasteiger partial charge in [0.25, 0.3) is 0 Å². The number of nitrogens with zero attached hydrogens (tertiary/aromatic N) is 1. The van der Waals surface area contributed by atoms with Crippen LogP contribution in [0.3, 0.4) is 0 Å². The number of hydrogen-bond acceptors (Lipinski definition) is 5. The summed E-state index contributed by atoms with van der Waals surface area (Å²) in [7, 11) is 1.63. The number of rotatable bonds is 5. The average molecular weight is 403 g/mol. The average Bonchev–Trinajstić information content (AvgIpc) is 2.83. The molecule has 2 aromatic carbocycles. The van der Waals surface area contributed by atoms with Crippen LogP contribution in [0.2, 0.25) is 0 Å². The second-order valence-corrected chi connectivity index (χ2v) is 6.96. The molecule has 1 atom stereocenters. The zero-order valence-electron chi connectivity index (χ0n) is 17.1. The summed E-state index contributed by atoms with van der Waals surface area (Å²) in [5, 5.41) is 18.6. The van der Waals surface area contributed by atoms with Crippen molar-refractivity contribution in [3.05, 3.63) is 77.4 Å². The van der Waals surface area contributed by atoms with Crippen LogP contribution < -0.4 is 21.5 Å². The Balaban J connectivity index is 2.02. The smallest absolute Gasteiger partial charge is 0.132 e. The molecular formula is C23H26N6O. The standard InChI is InChI=1S/C23H26N6O/c1-14-3-4-17(22(26)27)11-12-28-23(29-14)19-13-18(9-10-20(19)30-2)15-5-7-16(8-6-15)21(24)25/h3-11,13-14H,12H2,1-2H3,(H3,24,25)(H3,26,27)(H,28,29)/b4-3-,17-11+. The Kier molecular flexibility index (Phi) is 6.32. The van der Waals surface area contributed by atoms with Crippen molar-refractivity contribution in [3.63, 3.8) is 0 Å². The fraction of sp³-hybridized carbons (Fsp3) is 0.174. The first kappa shape index (κ1) is 20.9. The molecule has 154 valence electrons. The fourth-order valence-electron chi connectivity index (χ4n) is 3.14. The van der Waals surface area contributed by atoms with E-state index >= 15 is 0 Å². The molecule has 0 bridgehead atoms. The highest BCUT2D eigenvalue weighted by atomic mass is 16.5. The maximum absolute atomic E-state index is 7.69. The summed E-state index contributed by atoms with van der Waals surface area (Å²) >= 11 is 0. The van der Waals surface area contributed by atoms with Gasteiger partial charge >= 0.3 is 0 Å². The maximum Gasteiger partial charge on any atom is 0.132 e. The number of nitrogens with two attached hydrogens (primary N) is 2. The van der Waals surface area contributed by atoms with Crippen LogP contribution in [0, 0.1) is 10.8 Å². The van der Waals surface area contributed by atoms with Crippen LogP contribution in [-0.4, -0.2) is 37.2 Å². The molecule has 0 spiro atoms. The SMILES string of the molecule is COc1ccc(-c2ccc(C(=N)N)cc2)cc1C1=NC/C=C(C(=N)N)\C=C/C(C)N1. The topological polar surface area (TPSA) is 133 Å². The largest absolute Gasteiger partial charge is 0.496 e. The minimum absolute atomic E-state index is 0.0192.